The van der Waals surface area contributed by atoms with Crippen LogP contribution in [0.2, 0.25) is 0 Å². The Morgan fingerprint density at radius 2 is 1.84 bits per heavy atom. The number of hydrogen-bond donors (Lipinski definition) is 2. The smallest absolute Gasteiger partial charge is 0.416 e. The molecule has 4 rings (SSSR count). The molecule has 0 saturated heterocycles. The van der Waals surface area contributed by atoms with E-state index in [0.717, 1.165) is 17.8 Å². The van der Waals surface area contributed by atoms with Gasteiger partial charge < -0.3 is 4.74 Å². The molecule has 0 aliphatic heterocycles. The first-order valence-electron chi connectivity index (χ1n) is 9.16. The van der Waals surface area contributed by atoms with E-state index in [1.807, 2.05) is 0 Å². The number of aromatic nitrogens is 2. The molecule has 1 heterocycles. The van der Waals surface area contributed by atoms with Gasteiger partial charge in [0.05, 0.1) is 16.6 Å². The van der Waals surface area contributed by atoms with Gasteiger partial charge in [0, 0.05) is 11.3 Å². The summed E-state index contributed by atoms with van der Waals surface area (Å²) >= 11 is 0. The van der Waals surface area contributed by atoms with Crippen LogP contribution in [-0.4, -0.2) is 20.7 Å². The molecule has 0 spiro atoms. The molecule has 0 bridgehead atoms. The lowest BCUT2D eigenvalue weighted by Crippen LogP contribution is -2.18. The number of halogens is 3. The number of hydrogen-bond acceptors (Lipinski definition) is 4. The monoisotopic (exact) mass is 427 g/mol. The molecular formula is C22H16F3N3O3. The lowest BCUT2D eigenvalue weighted by atomic mass is 10.1. The SMILES string of the molecule is O=C(NO)c1ccc2ncn(-c3ccc(OCc4cccc(C(F)(F)F)c4)cc3)c2c1. The van der Waals surface area contributed by atoms with Gasteiger partial charge in [-0.05, 0) is 60.2 Å². The van der Waals surface area contributed by atoms with Crippen LogP contribution in [0.15, 0.2) is 73.1 Å². The molecule has 0 aliphatic carbocycles. The van der Waals surface area contributed by atoms with Crippen molar-refractivity contribution in [3.05, 3.63) is 89.7 Å². The summed E-state index contributed by atoms with van der Waals surface area (Å²) in [5, 5.41) is 8.82. The molecule has 4 aromatic rings. The maximum Gasteiger partial charge on any atom is 0.416 e. The van der Waals surface area contributed by atoms with E-state index in [1.54, 1.807) is 64.9 Å². The highest BCUT2D eigenvalue weighted by molar-refractivity contribution is 5.96. The number of alkyl halides is 3. The lowest BCUT2D eigenvalue weighted by Gasteiger charge is -2.11. The average molecular weight is 427 g/mol. The fourth-order valence-corrected chi connectivity index (χ4v) is 3.13. The van der Waals surface area contributed by atoms with Crippen molar-refractivity contribution in [1.29, 1.82) is 0 Å². The number of rotatable bonds is 5. The minimum absolute atomic E-state index is 0.00307. The molecule has 0 radical (unpaired) electrons. The van der Waals surface area contributed by atoms with Gasteiger partial charge in [-0.1, -0.05) is 12.1 Å². The molecule has 9 heteroatoms. The van der Waals surface area contributed by atoms with Gasteiger partial charge in [-0.2, -0.15) is 13.2 Å². The zero-order chi connectivity index (χ0) is 22.0. The van der Waals surface area contributed by atoms with E-state index in [4.69, 9.17) is 9.94 Å². The molecular weight excluding hydrogens is 411 g/mol. The van der Waals surface area contributed by atoms with Gasteiger partial charge in [0.1, 0.15) is 18.7 Å². The van der Waals surface area contributed by atoms with Crippen LogP contribution in [0.3, 0.4) is 0 Å². The molecule has 0 aliphatic rings. The van der Waals surface area contributed by atoms with Crippen LogP contribution in [0.1, 0.15) is 21.5 Å². The number of nitrogens with one attached hydrogen (secondary N) is 1. The summed E-state index contributed by atoms with van der Waals surface area (Å²) in [5.74, 6) is -0.140. The van der Waals surface area contributed by atoms with Gasteiger partial charge in [-0.25, -0.2) is 10.5 Å². The van der Waals surface area contributed by atoms with Crippen molar-refractivity contribution in [2.45, 2.75) is 12.8 Å². The number of imidazole rings is 1. The van der Waals surface area contributed by atoms with Crippen molar-refractivity contribution in [1.82, 2.24) is 15.0 Å². The first-order chi connectivity index (χ1) is 14.8. The summed E-state index contributed by atoms with van der Waals surface area (Å²) in [5.41, 5.74) is 3.64. The largest absolute Gasteiger partial charge is 0.489 e. The number of carbonyl (C=O) groups excluding carboxylic acids is 1. The normalized spacial score (nSPS) is 11.5. The quantitative estimate of drug-likeness (QED) is 0.356. The summed E-state index contributed by atoms with van der Waals surface area (Å²) in [6, 6.07) is 16.7. The minimum Gasteiger partial charge on any atom is -0.489 e. The standard InChI is InChI=1S/C22H16F3N3O3/c23-22(24,25)16-3-1-2-14(10-16)12-31-18-7-5-17(6-8-18)28-13-26-19-9-4-15(11-20(19)28)21(29)27-30/h1-11,13,30H,12H2,(H,27,29). The van der Waals surface area contributed by atoms with Crippen molar-refractivity contribution < 1.29 is 27.9 Å². The van der Waals surface area contributed by atoms with Gasteiger partial charge in [0.2, 0.25) is 0 Å². The highest BCUT2D eigenvalue weighted by Gasteiger charge is 2.30. The van der Waals surface area contributed by atoms with Gasteiger partial charge in [0.15, 0.2) is 0 Å². The Morgan fingerprint density at radius 3 is 2.55 bits per heavy atom. The third kappa shape index (κ3) is 4.36. The molecule has 3 aromatic carbocycles. The number of benzene rings is 3. The Bertz CT molecular complexity index is 1230. The van der Waals surface area contributed by atoms with E-state index in [1.165, 1.54) is 6.07 Å². The average Bonchev–Trinajstić information content (AvgIpc) is 3.20. The summed E-state index contributed by atoms with van der Waals surface area (Å²) in [6.07, 6.45) is -2.80. The molecule has 31 heavy (non-hydrogen) atoms. The zero-order valence-corrected chi connectivity index (χ0v) is 15.9. The fraction of sp³-hybridized carbons (Fsp3) is 0.0909. The van der Waals surface area contributed by atoms with Crippen molar-refractivity contribution in [3.63, 3.8) is 0 Å². The number of hydroxylamine groups is 1. The molecule has 6 nitrogen and oxygen atoms in total. The topological polar surface area (TPSA) is 76.4 Å². The van der Waals surface area contributed by atoms with Gasteiger partial charge in [0.25, 0.3) is 5.91 Å². The van der Waals surface area contributed by atoms with Crippen molar-refractivity contribution in [2.75, 3.05) is 0 Å². The Kier molecular flexibility index (Phi) is 5.35. The van der Waals surface area contributed by atoms with E-state index in [2.05, 4.69) is 4.98 Å². The maximum atomic E-state index is 12.8. The maximum absolute atomic E-state index is 12.8. The Morgan fingerprint density at radius 1 is 1.06 bits per heavy atom. The summed E-state index contributed by atoms with van der Waals surface area (Å²) in [6.45, 7) is -0.00307. The summed E-state index contributed by atoms with van der Waals surface area (Å²) in [4.78, 5) is 16.0. The van der Waals surface area contributed by atoms with Crippen LogP contribution < -0.4 is 10.2 Å². The predicted octanol–water partition coefficient (Wildman–Crippen LogP) is 4.74. The molecule has 2 N–H and O–H groups in total. The second-order valence-corrected chi connectivity index (χ2v) is 6.74. The first-order valence-corrected chi connectivity index (χ1v) is 9.16. The Balaban J connectivity index is 1.52. The number of carbonyl (C=O) groups is 1. The van der Waals surface area contributed by atoms with Crippen LogP contribution >= 0.6 is 0 Å². The lowest BCUT2D eigenvalue weighted by molar-refractivity contribution is -0.137. The van der Waals surface area contributed by atoms with E-state index in [-0.39, 0.29) is 12.2 Å². The van der Waals surface area contributed by atoms with Gasteiger partial charge in [-0.15, -0.1) is 0 Å². The van der Waals surface area contributed by atoms with Crippen LogP contribution in [0, 0.1) is 0 Å². The highest BCUT2D eigenvalue weighted by atomic mass is 19.4. The molecule has 1 aromatic heterocycles. The van der Waals surface area contributed by atoms with Crippen molar-refractivity contribution >= 4 is 16.9 Å². The molecule has 1 amide bonds. The van der Waals surface area contributed by atoms with E-state index >= 15 is 0 Å². The number of nitrogens with zero attached hydrogens (tertiary/aromatic N) is 2. The molecule has 0 unspecified atom stereocenters. The van der Waals surface area contributed by atoms with Crippen LogP contribution in [0.25, 0.3) is 16.7 Å². The van der Waals surface area contributed by atoms with Gasteiger partial charge in [-0.3, -0.25) is 14.6 Å². The second-order valence-electron chi connectivity index (χ2n) is 6.74. The first kappa shape index (κ1) is 20.4. The Hall–Kier alpha value is -3.85. The summed E-state index contributed by atoms with van der Waals surface area (Å²) in [7, 11) is 0. The minimum atomic E-state index is -4.40. The second kappa shape index (κ2) is 8.11. The van der Waals surface area contributed by atoms with Crippen molar-refractivity contribution in [2.24, 2.45) is 0 Å². The number of ether oxygens (including phenoxy) is 1. The van der Waals surface area contributed by atoms with Crippen LogP contribution in [0.5, 0.6) is 5.75 Å². The van der Waals surface area contributed by atoms with E-state index in [0.29, 0.717) is 22.3 Å². The molecule has 0 saturated carbocycles. The van der Waals surface area contributed by atoms with E-state index < -0.39 is 17.6 Å². The fourth-order valence-electron chi connectivity index (χ4n) is 3.13. The van der Waals surface area contributed by atoms with Crippen molar-refractivity contribution in [3.8, 4) is 11.4 Å². The molecule has 0 atom stereocenters. The third-order valence-electron chi connectivity index (χ3n) is 4.69. The summed E-state index contributed by atoms with van der Waals surface area (Å²) < 4.78 is 45.9. The third-order valence-corrected chi connectivity index (χ3v) is 4.69. The number of amides is 1. The highest BCUT2D eigenvalue weighted by Crippen LogP contribution is 2.30. The van der Waals surface area contributed by atoms with Crippen LogP contribution in [-0.2, 0) is 12.8 Å². The zero-order valence-electron chi connectivity index (χ0n) is 15.9. The number of fused-ring (bicyclic) bond motifs is 1. The molecule has 158 valence electrons. The van der Waals surface area contributed by atoms with E-state index in [9.17, 15) is 18.0 Å². The van der Waals surface area contributed by atoms with Gasteiger partial charge >= 0.3 is 6.18 Å². The van der Waals surface area contributed by atoms with Crippen LogP contribution in [0.4, 0.5) is 13.2 Å². The molecule has 0 fully saturated rings. The predicted molar refractivity (Wildman–Crippen MR) is 106 cm³/mol. The Labute approximate surface area is 174 Å².